The summed E-state index contributed by atoms with van der Waals surface area (Å²) in [7, 11) is 3.78. The number of aromatic nitrogens is 1. The van der Waals surface area contributed by atoms with Gasteiger partial charge in [0.25, 0.3) is 0 Å². The summed E-state index contributed by atoms with van der Waals surface area (Å²) in [5.74, 6) is 0.885. The van der Waals surface area contributed by atoms with Gasteiger partial charge >= 0.3 is 0 Å². The first-order valence-electron chi connectivity index (χ1n) is 10.8. The summed E-state index contributed by atoms with van der Waals surface area (Å²) < 4.78 is 18.9. The van der Waals surface area contributed by atoms with Crippen LogP contribution >= 0.6 is 0 Å². The first kappa shape index (κ1) is 20.8. The van der Waals surface area contributed by atoms with E-state index >= 15 is 0 Å². The summed E-state index contributed by atoms with van der Waals surface area (Å²) in [6, 6.07) is 8.47. The molecular formula is C23H31FN4O2. The summed E-state index contributed by atoms with van der Waals surface area (Å²) in [5.41, 5.74) is 2.04. The van der Waals surface area contributed by atoms with Crippen LogP contribution in [0.4, 0.5) is 10.1 Å². The number of halogens is 1. The van der Waals surface area contributed by atoms with Crippen LogP contribution in [0.25, 0.3) is 10.9 Å². The first-order valence-corrected chi connectivity index (χ1v) is 10.8. The maximum absolute atomic E-state index is 13.6. The third-order valence-electron chi connectivity index (χ3n) is 6.59. The van der Waals surface area contributed by atoms with Crippen molar-refractivity contribution in [1.29, 1.82) is 0 Å². The largest absolute Gasteiger partial charge is 0.497 e. The number of piperidine rings is 1. The molecule has 0 aliphatic carbocycles. The molecule has 4 rings (SSSR count). The number of carbonyl (C=O) groups excluding carboxylic acids is 1. The normalized spacial score (nSPS) is 23.1. The Morgan fingerprint density at radius 3 is 2.73 bits per heavy atom. The predicted octanol–water partition coefficient (Wildman–Crippen LogP) is 3.10. The van der Waals surface area contributed by atoms with Crippen LogP contribution in [0, 0.1) is 0 Å². The van der Waals surface area contributed by atoms with Gasteiger partial charge in [-0.25, -0.2) is 4.39 Å². The van der Waals surface area contributed by atoms with Crippen LogP contribution in [0.2, 0.25) is 0 Å². The third-order valence-corrected chi connectivity index (χ3v) is 6.59. The van der Waals surface area contributed by atoms with Crippen molar-refractivity contribution in [3.8, 4) is 5.75 Å². The van der Waals surface area contributed by atoms with E-state index in [1.165, 1.54) is 0 Å². The molecule has 0 bridgehead atoms. The van der Waals surface area contributed by atoms with Crippen molar-refractivity contribution >= 4 is 22.5 Å². The van der Waals surface area contributed by atoms with Crippen molar-refractivity contribution in [3.63, 3.8) is 0 Å². The average Bonchev–Trinajstić information content (AvgIpc) is 3.11. The number of fused-ring (bicyclic) bond motifs is 1. The molecule has 0 N–H and O–H groups in total. The van der Waals surface area contributed by atoms with Gasteiger partial charge in [0.1, 0.15) is 11.9 Å². The van der Waals surface area contributed by atoms with Gasteiger partial charge in [-0.1, -0.05) is 0 Å². The number of rotatable bonds is 5. The molecule has 3 heterocycles. The fourth-order valence-corrected chi connectivity index (χ4v) is 4.69. The number of pyridine rings is 1. The highest BCUT2D eigenvalue weighted by Gasteiger charge is 2.33. The standard InChI is InChI=1S/C23H31FN4O2/c1-16-10-18(24)14-28(16)23(29)15-27-8-6-19(7-9-27)26(2)20-11-17-12-21(30-3)4-5-22(17)25-13-20/h4-5,11-13,16,18-19H,6-10,14-15H2,1-3H3/t16-,18+/m1/s1. The Morgan fingerprint density at radius 1 is 1.30 bits per heavy atom. The molecule has 2 fully saturated rings. The monoisotopic (exact) mass is 414 g/mol. The van der Waals surface area contributed by atoms with Crippen LogP contribution < -0.4 is 9.64 Å². The van der Waals surface area contributed by atoms with Gasteiger partial charge in [-0.2, -0.15) is 0 Å². The number of hydrogen-bond acceptors (Lipinski definition) is 5. The van der Waals surface area contributed by atoms with Crippen LogP contribution in [0.15, 0.2) is 30.5 Å². The number of likely N-dealkylation sites (tertiary alicyclic amines) is 2. The van der Waals surface area contributed by atoms with Crippen molar-refractivity contribution < 1.29 is 13.9 Å². The van der Waals surface area contributed by atoms with Crippen LogP contribution in [0.5, 0.6) is 5.75 Å². The molecule has 2 saturated heterocycles. The average molecular weight is 415 g/mol. The minimum Gasteiger partial charge on any atom is -0.497 e. The number of methoxy groups -OCH3 is 1. The predicted molar refractivity (Wildman–Crippen MR) is 117 cm³/mol. The summed E-state index contributed by atoms with van der Waals surface area (Å²) in [5, 5.41) is 1.06. The number of amides is 1. The lowest BCUT2D eigenvalue weighted by atomic mass is 10.0. The molecule has 7 heteroatoms. The van der Waals surface area contributed by atoms with E-state index in [0.29, 0.717) is 19.0 Å². The molecular weight excluding hydrogens is 383 g/mol. The second-order valence-corrected chi connectivity index (χ2v) is 8.60. The zero-order valence-electron chi connectivity index (χ0n) is 18.1. The minimum absolute atomic E-state index is 0.00944. The fourth-order valence-electron chi connectivity index (χ4n) is 4.69. The van der Waals surface area contributed by atoms with E-state index < -0.39 is 6.17 Å². The molecule has 2 aliphatic rings. The highest BCUT2D eigenvalue weighted by molar-refractivity contribution is 5.83. The highest BCUT2D eigenvalue weighted by atomic mass is 19.1. The van der Waals surface area contributed by atoms with Gasteiger partial charge in [0.05, 0.1) is 37.6 Å². The first-order chi connectivity index (χ1) is 14.4. The number of benzene rings is 1. The van der Waals surface area contributed by atoms with E-state index in [4.69, 9.17) is 4.74 Å². The number of anilines is 1. The molecule has 30 heavy (non-hydrogen) atoms. The highest BCUT2D eigenvalue weighted by Crippen LogP contribution is 2.27. The maximum atomic E-state index is 13.6. The molecule has 2 aromatic rings. The van der Waals surface area contributed by atoms with Gasteiger partial charge in [-0.3, -0.25) is 14.7 Å². The lowest BCUT2D eigenvalue weighted by molar-refractivity contribution is -0.133. The van der Waals surface area contributed by atoms with E-state index in [-0.39, 0.29) is 18.5 Å². The van der Waals surface area contributed by atoms with Gasteiger partial charge in [-0.05, 0) is 44.0 Å². The molecule has 0 radical (unpaired) electrons. The SMILES string of the molecule is COc1ccc2ncc(N(C)C3CCN(CC(=O)N4C[C@@H](F)C[C@H]4C)CC3)cc2c1. The van der Waals surface area contributed by atoms with Crippen LogP contribution in [0.3, 0.4) is 0 Å². The lowest BCUT2D eigenvalue weighted by Gasteiger charge is -2.38. The summed E-state index contributed by atoms with van der Waals surface area (Å²) >= 11 is 0. The Hall–Kier alpha value is -2.41. The minimum atomic E-state index is -0.876. The smallest absolute Gasteiger partial charge is 0.237 e. The lowest BCUT2D eigenvalue weighted by Crippen LogP contribution is -2.48. The second-order valence-electron chi connectivity index (χ2n) is 8.60. The Labute approximate surface area is 177 Å². The van der Waals surface area contributed by atoms with Crippen molar-refractivity contribution in [2.75, 3.05) is 45.2 Å². The molecule has 6 nitrogen and oxygen atoms in total. The topological polar surface area (TPSA) is 48.9 Å². The summed E-state index contributed by atoms with van der Waals surface area (Å²) in [6.45, 7) is 4.32. The molecule has 0 saturated carbocycles. The van der Waals surface area contributed by atoms with Crippen LogP contribution in [-0.2, 0) is 4.79 Å². The van der Waals surface area contributed by atoms with Crippen molar-refractivity contribution in [1.82, 2.24) is 14.8 Å². The number of alkyl halides is 1. The molecule has 0 unspecified atom stereocenters. The Bertz CT molecular complexity index is 900. The van der Waals surface area contributed by atoms with Crippen molar-refractivity contribution in [2.45, 2.75) is 44.4 Å². The molecule has 162 valence electrons. The van der Waals surface area contributed by atoms with Crippen molar-refractivity contribution in [2.24, 2.45) is 0 Å². The van der Waals surface area contributed by atoms with Gasteiger partial charge < -0.3 is 14.5 Å². The molecule has 1 amide bonds. The second kappa shape index (κ2) is 8.76. The molecule has 1 aromatic heterocycles. The van der Waals surface area contributed by atoms with Crippen molar-refractivity contribution in [3.05, 3.63) is 30.5 Å². The van der Waals surface area contributed by atoms with Gasteiger partial charge in [0, 0.05) is 44.0 Å². The van der Waals surface area contributed by atoms with E-state index in [0.717, 1.165) is 48.3 Å². The zero-order valence-corrected chi connectivity index (χ0v) is 18.1. The van der Waals surface area contributed by atoms with E-state index in [1.807, 2.05) is 31.3 Å². The zero-order chi connectivity index (χ0) is 21.3. The maximum Gasteiger partial charge on any atom is 0.237 e. The molecule has 1 aromatic carbocycles. The Balaban J connectivity index is 1.34. The third kappa shape index (κ3) is 4.36. The van der Waals surface area contributed by atoms with Gasteiger partial charge in [0.2, 0.25) is 5.91 Å². The van der Waals surface area contributed by atoms with E-state index in [2.05, 4.69) is 27.9 Å². The van der Waals surface area contributed by atoms with Gasteiger partial charge in [-0.15, -0.1) is 0 Å². The van der Waals surface area contributed by atoms with Crippen LogP contribution in [-0.4, -0.2) is 79.3 Å². The number of hydrogen-bond donors (Lipinski definition) is 0. The van der Waals surface area contributed by atoms with E-state index in [9.17, 15) is 9.18 Å². The molecule has 2 atom stereocenters. The number of nitrogens with zero attached hydrogens (tertiary/aromatic N) is 4. The summed E-state index contributed by atoms with van der Waals surface area (Å²) in [6.07, 6.45) is 3.48. The fraction of sp³-hybridized carbons (Fsp3) is 0.565. The molecule has 0 spiro atoms. The molecule has 2 aliphatic heterocycles. The van der Waals surface area contributed by atoms with E-state index in [1.54, 1.807) is 12.0 Å². The quantitative estimate of drug-likeness (QED) is 0.753. The number of carbonyl (C=O) groups is 1. The van der Waals surface area contributed by atoms with Gasteiger partial charge in [0.15, 0.2) is 0 Å². The summed E-state index contributed by atoms with van der Waals surface area (Å²) in [4.78, 5) is 23.4. The Morgan fingerprint density at radius 2 is 2.07 bits per heavy atom. The number of ether oxygens (including phenoxy) is 1. The Kier molecular flexibility index (Phi) is 6.09. The van der Waals surface area contributed by atoms with Crippen LogP contribution in [0.1, 0.15) is 26.2 Å².